The van der Waals surface area contributed by atoms with Crippen molar-refractivity contribution in [3.8, 4) is 5.75 Å². The highest BCUT2D eigenvalue weighted by Gasteiger charge is 2.05. The fraction of sp³-hybridized carbons (Fsp3) is 0.267. The predicted molar refractivity (Wildman–Crippen MR) is 74.3 cm³/mol. The van der Waals surface area contributed by atoms with Crippen molar-refractivity contribution in [2.24, 2.45) is 0 Å². The third-order valence-corrected chi connectivity index (χ3v) is 3.68. The molecule has 94 valence electrons. The summed E-state index contributed by atoms with van der Waals surface area (Å²) in [5.41, 5.74) is 1.18. The number of ketones is 1. The van der Waals surface area contributed by atoms with E-state index in [0.29, 0.717) is 18.6 Å². The molecule has 1 aromatic heterocycles. The molecule has 0 aliphatic heterocycles. The van der Waals surface area contributed by atoms with Crippen molar-refractivity contribution in [2.75, 3.05) is 7.11 Å². The first-order valence-electron chi connectivity index (χ1n) is 5.95. The highest BCUT2D eigenvalue weighted by Crippen LogP contribution is 2.14. The van der Waals surface area contributed by atoms with Gasteiger partial charge in [0.1, 0.15) is 11.5 Å². The lowest BCUT2D eigenvalue weighted by Crippen LogP contribution is -2.03. The zero-order valence-electron chi connectivity index (χ0n) is 10.4. The first kappa shape index (κ1) is 12.8. The highest BCUT2D eigenvalue weighted by atomic mass is 32.1. The van der Waals surface area contributed by atoms with Crippen LogP contribution in [0.4, 0.5) is 0 Å². The lowest BCUT2D eigenvalue weighted by Gasteiger charge is -2.03. The van der Waals surface area contributed by atoms with Crippen LogP contribution < -0.4 is 4.74 Å². The Morgan fingerprint density at radius 3 is 2.61 bits per heavy atom. The van der Waals surface area contributed by atoms with Gasteiger partial charge in [-0.3, -0.25) is 4.79 Å². The summed E-state index contributed by atoms with van der Waals surface area (Å²) >= 11 is 1.64. The zero-order valence-corrected chi connectivity index (χ0v) is 11.2. The molecule has 0 saturated carbocycles. The summed E-state index contributed by atoms with van der Waals surface area (Å²) in [6.45, 7) is 0. The van der Waals surface area contributed by atoms with Gasteiger partial charge in [0.25, 0.3) is 0 Å². The number of Topliss-reactive ketones (excluding diaryl/α,β-unsaturated/α-hetero) is 1. The SMILES string of the molecule is COc1ccc(CCC(=O)Cc2cccs2)cc1. The van der Waals surface area contributed by atoms with Crippen molar-refractivity contribution in [2.45, 2.75) is 19.3 Å². The fourth-order valence-electron chi connectivity index (χ4n) is 1.77. The van der Waals surface area contributed by atoms with Crippen LogP contribution in [0, 0.1) is 0 Å². The van der Waals surface area contributed by atoms with E-state index in [2.05, 4.69) is 0 Å². The van der Waals surface area contributed by atoms with E-state index < -0.39 is 0 Å². The van der Waals surface area contributed by atoms with Crippen LogP contribution in [0.15, 0.2) is 41.8 Å². The third kappa shape index (κ3) is 3.70. The van der Waals surface area contributed by atoms with Gasteiger partial charge in [-0.05, 0) is 35.6 Å². The Kier molecular flexibility index (Phi) is 4.53. The Labute approximate surface area is 111 Å². The molecule has 0 bridgehead atoms. The number of carbonyl (C=O) groups excluding carboxylic acids is 1. The van der Waals surface area contributed by atoms with E-state index in [4.69, 9.17) is 4.74 Å². The van der Waals surface area contributed by atoms with Crippen molar-refractivity contribution in [1.82, 2.24) is 0 Å². The molecule has 0 N–H and O–H groups in total. The highest BCUT2D eigenvalue weighted by molar-refractivity contribution is 7.10. The summed E-state index contributed by atoms with van der Waals surface area (Å²) in [5, 5.41) is 2.01. The van der Waals surface area contributed by atoms with E-state index in [0.717, 1.165) is 17.0 Å². The second-order valence-electron chi connectivity index (χ2n) is 4.14. The number of aryl methyl sites for hydroxylation is 1. The Hall–Kier alpha value is -1.61. The van der Waals surface area contributed by atoms with Gasteiger partial charge in [-0.15, -0.1) is 11.3 Å². The van der Waals surface area contributed by atoms with E-state index in [1.165, 1.54) is 5.56 Å². The van der Waals surface area contributed by atoms with E-state index in [1.54, 1.807) is 18.4 Å². The van der Waals surface area contributed by atoms with Gasteiger partial charge in [0.05, 0.1) is 7.11 Å². The van der Waals surface area contributed by atoms with Crippen molar-refractivity contribution in [3.05, 3.63) is 52.2 Å². The number of hydrogen-bond acceptors (Lipinski definition) is 3. The molecule has 0 unspecified atom stereocenters. The molecule has 0 aliphatic rings. The summed E-state index contributed by atoms with van der Waals surface area (Å²) in [6, 6.07) is 11.9. The van der Waals surface area contributed by atoms with E-state index >= 15 is 0 Å². The molecule has 2 nitrogen and oxygen atoms in total. The number of rotatable bonds is 6. The lowest BCUT2D eigenvalue weighted by molar-refractivity contribution is -0.118. The van der Waals surface area contributed by atoms with Crippen molar-refractivity contribution < 1.29 is 9.53 Å². The first-order chi connectivity index (χ1) is 8.78. The Morgan fingerprint density at radius 1 is 1.22 bits per heavy atom. The van der Waals surface area contributed by atoms with Crippen molar-refractivity contribution in [3.63, 3.8) is 0 Å². The minimum Gasteiger partial charge on any atom is -0.497 e. The van der Waals surface area contributed by atoms with Gasteiger partial charge in [0.2, 0.25) is 0 Å². The molecule has 18 heavy (non-hydrogen) atoms. The maximum absolute atomic E-state index is 11.8. The smallest absolute Gasteiger partial charge is 0.138 e. The minimum absolute atomic E-state index is 0.299. The summed E-state index contributed by atoms with van der Waals surface area (Å²) in [4.78, 5) is 12.9. The van der Waals surface area contributed by atoms with Crippen LogP contribution in [-0.4, -0.2) is 12.9 Å². The van der Waals surface area contributed by atoms with Crippen LogP contribution in [0.25, 0.3) is 0 Å². The van der Waals surface area contributed by atoms with Gasteiger partial charge >= 0.3 is 0 Å². The molecule has 0 radical (unpaired) electrons. The molecule has 3 heteroatoms. The van der Waals surface area contributed by atoms with Crippen LogP contribution in [-0.2, 0) is 17.6 Å². The quantitative estimate of drug-likeness (QED) is 0.794. The number of ether oxygens (including phenoxy) is 1. The van der Waals surface area contributed by atoms with Crippen LogP contribution in [0.2, 0.25) is 0 Å². The molecular weight excluding hydrogens is 244 g/mol. The first-order valence-corrected chi connectivity index (χ1v) is 6.83. The molecule has 0 spiro atoms. The number of carbonyl (C=O) groups is 1. The average molecular weight is 260 g/mol. The van der Waals surface area contributed by atoms with Gasteiger partial charge in [-0.1, -0.05) is 18.2 Å². The van der Waals surface area contributed by atoms with Crippen molar-refractivity contribution >= 4 is 17.1 Å². The molecule has 2 aromatic rings. The summed E-state index contributed by atoms with van der Waals surface area (Å²) in [6.07, 6.45) is 1.96. The summed E-state index contributed by atoms with van der Waals surface area (Å²) in [5.74, 6) is 1.15. The maximum Gasteiger partial charge on any atom is 0.138 e. The van der Waals surface area contributed by atoms with Gasteiger partial charge in [-0.25, -0.2) is 0 Å². The zero-order chi connectivity index (χ0) is 12.8. The van der Waals surface area contributed by atoms with Crippen LogP contribution in [0.5, 0.6) is 5.75 Å². The largest absolute Gasteiger partial charge is 0.497 e. The Bertz CT molecular complexity index is 486. The molecular formula is C15H16O2S. The van der Waals surface area contributed by atoms with E-state index in [1.807, 2.05) is 41.8 Å². The van der Waals surface area contributed by atoms with Crippen molar-refractivity contribution in [1.29, 1.82) is 0 Å². The minimum atomic E-state index is 0.299. The van der Waals surface area contributed by atoms with Gasteiger partial charge in [0.15, 0.2) is 0 Å². The third-order valence-electron chi connectivity index (χ3n) is 2.80. The molecule has 0 fully saturated rings. The number of hydrogen-bond donors (Lipinski definition) is 0. The van der Waals surface area contributed by atoms with Crippen LogP contribution in [0.1, 0.15) is 16.9 Å². The predicted octanol–water partition coefficient (Wildman–Crippen LogP) is 3.50. The lowest BCUT2D eigenvalue weighted by atomic mass is 10.1. The molecule has 0 amide bonds. The molecule has 0 atom stereocenters. The monoisotopic (exact) mass is 260 g/mol. The van der Waals surface area contributed by atoms with Crippen LogP contribution in [0.3, 0.4) is 0 Å². The van der Waals surface area contributed by atoms with Crippen LogP contribution >= 0.6 is 11.3 Å². The molecule has 1 aromatic carbocycles. The van der Waals surface area contributed by atoms with Gasteiger partial charge in [0, 0.05) is 17.7 Å². The normalized spacial score (nSPS) is 10.3. The van der Waals surface area contributed by atoms with Gasteiger partial charge < -0.3 is 4.74 Å². The molecule has 1 heterocycles. The number of methoxy groups -OCH3 is 1. The standard InChI is InChI=1S/C15H16O2S/c1-17-14-8-5-12(6-9-14)4-7-13(16)11-15-3-2-10-18-15/h2-3,5-6,8-10H,4,7,11H2,1H3. The summed E-state index contributed by atoms with van der Waals surface area (Å²) in [7, 11) is 1.65. The average Bonchev–Trinajstić information content (AvgIpc) is 2.90. The molecule has 0 saturated heterocycles. The summed E-state index contributed by atoms with van der Waals surface area (Å²) < 4.78 is 5.10. The topological polar surface area (TPSA) is 26.3 Å². The Morgan fingerprint density at radius 2 is 2.00 bits per heavy atom. The maximum atomic E-state index is 11.8. The number of benzene rings is 1. The Balaban J connectivity index is 1.81. The van der Waals surface area contributed by atoms with E-state index in [9.17, 15) is 4.79 Å². The second-order valence-corrected chi connectivity index (χ2v) is 5.18. The molecule has 0 aliphatic carbocycles. The van der Waals surface area contributed by atoms with Gasteiger partial charge in [-0.2, -0.15) is 0 Å². The van der Waals surface area contributed by atoms with E-state index in [-0.39, 0.29) is 0 Å². The molecule has 2 rings (SSSR count). The number of thiophene rings is 1. The fourth-order valence-corrected chi connectivity index (χ4v) is 2.51. The second kappa shape index (κ2) is 6.36.